The summed E-state index contributed by atoms with van der Waals surface area (Å²) in [6.07, 6.45) is 6.80. The molecule has 0 amide bonds. The van der Waals surface area contributed by atoms with E-state index in [1.807, 2.05) is 10.9 Å². The molecule has 2 aliphatic rings. The van der Waals surface area contributed by atoms with Crippen molar-refractivity contribution in [2.24, 2.45) is 5.92 Å². The summed E-state index contributed by atoms with van der Waals surface area (Å²) in [5.74, 6) is 2.87. The van der Waals surface area contributed by atoms with Gasteiger partial charge in [0.25, 0.3) is 0 Å². The van der Waals surface area contributed by atoms with Crippen molar-refractivity contribution in [1.29, 1.82) is 0 Å². The van der Waals surface area contributed by atoms with Crippen LogP contribution in [0, 0.1) is 19.8 Å². The van der Waals surface area contributed by atoms with Crippen LogP contribution in [-0.4, -0.2) is 41.4 Å². The van der Waals surface area contributed by atoms with Crippen molar-refractivity contribution in [3.63, 3.8) is 0 Å². The number of hydrogen-bond acceptors (Lipinski definition) is 4. The van der Waals surface area contributed by atoms with E-state index in [0.717, 1.165) is 18.2 Å². The molecule has 1 aromatic carbocycles. The molecule has 2 atom stereocenters. The van der Waals surface area contributed by atoms with Gasteiger partial charge in [-0.15, -0.1) is 0 Å². The van der Waals surface area contributed by atoms with E-state index < -0.39 is 0 Å². The van der Waals surface area contributed by atoms with E-state index in [2.05, 4.69) is 71.9 Å². The van der Waals surface area contributed by atoms with Gasteiger partial charge in [-0.05, 0) is 63.4 Å². The summed E-state index contributed by atoms with van der Waals surface area (Å²) in [6, 6.07) is 8.75. The molecule has 26 heavy (non-hydrogen) atoms. The quantitative estimate of drug-likeness (QED) is 0.886. The summed E-state index contributed by atoms with van der Waals surface area (Å²) in [5.41, 5.74) is 3.80. The molecule has 4 rings (SSSR count). The molecular weight excluding hydrogens is 322 g/mol. The molecule has 0 saturated carbocycles. The first-order chi connectivity index (χ1) is 12.6. The summed E-state index contributed by atoms with van der Waals surface area (Å²) < 4.78 is 2.01. The molecule has 2 N–H and O–H groups in total. The van der Waals surface area contributed by atoms with Gasteiger partial charge in [-0.25, -0.2) is 4.68 Å². The van der Waals surface area contributed by atoms with Gasteiger partial charge in [-0.2, -0.15) is 5.10 Å². The number of hydrogen-bond donors (Lipinski definition) is 2. The minimum Gasteiger partial charge on any atom is -0.370 e. The first kappa shape index (κ1) is 17.2. The number of aromatic nitrogens is 2. The van der Waals surface area contributed by atoms with E-state index in [9.17, 15) is 0 Å². The van der Waals surface area contributed by atoms with Gasteiger partial charge in [0.15, 0.2) is 0 Å². The fourth-order valence-electron chi connectivity index (χ4n) is 4.13. The molecule has 0 spiro atoms. The fourth-order valence-corrected chi connectivity index (χ4v) is 4.13. The van der Waals surface area contributed by atoms with Gasteiger partial charge in [0.1, 0.15) is 11.6 Å². The highest BCUT2D eigenvalue weighted by atomic mass is 15.4. The summed E-state index contributed by atoms with van der Waals surface area (Å²) in [4.78, 5) is 2.44. The molecule has 3 heterocycles. The molecule has 5 heteroatoms. The molecular formula is C21H29N5. The number of anilines is 1. The Morgan fingerprint density at radius 2 is 2.08 bits per heavy atom. The highest BCUT2D eigenvalue weighted by Crippen LogP contribution is 2.32. The Labute approximate surface area is 156 Å². The summed E-state index contributed by atoms with van der Waals surface area (Å²) >= 11 is 0. The number of nitrogens with one attached hydrogen (secondary N) is 2. The van der Waals surface area contributed by atoms with Crippen molar-refractivity contribution in [3.8, 4) is 0 Å². The van der Waals surface area contributed by atoms with Crippen LogP contribution in [0.15, 0.2) is 36.5 Å². The maximum atomic E-state index is 4.58. The van der Waals surface area contributed by atoms with Crippen LogP contribution >= 0.6 is 0 Å². The molecule has 2 aliphatic heterocycles. The maximum Gasteiger partial charge on any atom is 0.135 e. The highest BCUT2D eigenvalue weighted by molar-refractivity contribution is 5.62. The Morgan fingerprint density at radius 3 is 2.88 bits per heavy atom. The van der Waals surface area contributed by atoms with Crippen molar-refractivity contribution in [2.45, 2.75) is 32.7 Å². The first-order valence-electron chi connectivity index (χ1n) is 9.63. The lowest BCUT2D eigenvalue weighted by Crippen LogP contribution is -2.38. The molecule has 0 aliphatic carbocycles. The Balaban J connectivity index is 1.58. The molecule has 1 aromatic heterocycles. The first-order valence-corrected chi connectivity index (χ1v) is 9.63. The molecule has 1 saturated heterocycles. The topological polar surface area (TPSA) is 45.1 Å². The molecule has 2 unspecified atom stereocenters. The van der Waals surface area contributed by atoms with Crippen molar-refractivity contribution >= 4 is 11.6 Å². The minimum atomic E-state index is 0.163. The van der Waals surface area contributed by atoms with E-state index in [4.69, 9.17) is 0 Å². The molecule has 138 valence electrons. The third kappa shape index (κ3) is 3.36. The Hall–Kier alpha value is -2.27. The van der Waals surface area contributed by atoms with E-state index in [1.165, 1.54) is 42.6 Å². The second kappa shape index (κ2) is 7.16. The average Bonchev–Trinajstić information content (AvgIpc) is 3.01. The summed E-state index contributed by atoms with van der Waals surface area (Å²) in [7, 11) is 2.22. The lowest BCUT2D eigenvalue weighted by Gasteiger charge is -2.32. The van der Waals surface area contributed by atoms with E-state index in [1.54, 1.807) is 0 Å². The summed E-state index contributed by atoms with van der Waals surface area (Å²) in [6.45, 7) is 7.68. The third-order valence-corrected chi connectivity index (χ3v) is 5.61. The number of benzene rings is 1. The monoisotopic (exact) mass is 351 g/mol. The highest BCUT2D eigenvalue weighted by Gasteiger charge is 2.24. The average molecular weight is 351 g/mol. The zero-order valence-corrected chi connectivity index (χ0v) is 16.0. The van der Waals surface area contributed by atoms with Crippen LogP contribution in [0.1, 0.15) is 35.6 Å². The number of aryl methyl sites for hydroxylation is 2. The zero-order chi connectivity index (χ0) is 18.1. The molecule has 0 radical (unpaired) electrons. The van der Waals surface area contributed by atoms with Crippen LogP contribution in [0.25, 0.3) is 5.82 Å². The fraction of sp³-hybridized carbons (Fsp3) is 0.476. The van der Waals surface area contributed by atoms with Crippen LogP contribution in [0.3, 0.4) is 0 Å². The largest absolute Gasteiger partial charge is 0.370 e. The molecule has 0 bridgehead atoms. The number of rotatable bonds is 4. The van der Waals surface area contributed by atoms with Crippen molar-refractivity contribution < 1.29 is 0 Å². The number of fused-ring (bicyclic) bond motifs is 1. The van der Waals surface area contributed by atoms with Gasteiger partial charge in [0, 0.05) is 18.7 Å². The molecule has 2 aromatic rings. The van der Waals surface area contributed by atoms with Crippen LogP contribution in [0.4, 0.5) is 5.82 Å². The van der Waals surface area contributed by atoms with E-state index in [0.29, 0.717) is 5.92 Å². The second-order valence-corrected chi connectivity index (χ2v) is 7.77. The van der Waals surface area contributed by atoms with Gasteiger partial charge < -0.3 is 15.5 Å². The number of likely N-dealkylation sites (tertiary alicyclic amines) is 1. The van der Waals surface area contributed by atoms with Crippen molar-refractivity contribution in [3.05, 3.63) is 53.2 Å². The second-order valence-electron chi connectivity index (χ2n) is 7.77. The minimum absolute atomic E-state index is 0.163. The van der Waals surface area contributed by atoms with Crippen molar-refractivity contribution in [2.75, 3.05) is 32.0 Å². The Bertz CT molecular complexity index is 806. The van der Waals surface area contributed by atoms with Gasteiger partial charge >= 0.3 is 0 Å². The third-order valence-electron chi connectivity index (χ3n) is 5.61. The predicted molar refractivity (Wildman–Crippen MR) is 107 cm³/mol. The summed E-state index contributed by atoms with van der Waals surface area (Å²) in [5, 5.41) is 11.9. The number of nitrogens with zero attached hydrogens (tertiary/aromatic N) is 3. The SMILES string of the molecule is Cc1ccccc1C1C=C(NCC2CCCN(C)C2)n2ncc(C)c2N1. The zero-order valence-electron chi connectivity index (χ0n) is 16.0. The van der Waals surface area contributed by atoms with Gasteiger partial charge in [0.2, 0.25) is 0 Å². The van der Waals surface area contributed by atoms with Gasteiger partial charge in [0.05, 0.1) is 12.2 Å². The lowest BCUT2D eigenvalue weighted by molar-refractivity contribution is 0.210. The predicted octanol–water partition coefficient (Wildman–Crippen LogP) is 3.40. The van der Waals surface area contributed by atoms with Crippen LogP contribution < -0.4 is 10.6 Å². The van der Waals surface area contributed by atoms with Crippen molar-refractivity contribution in [1.82, 2.24) is 20.0 Å². The maximum absolute atomic E-state index is 4.58. The molecule has 5 nitrogen and oxygen atoms in total. The van der Waals surface area contributed by atoms with Crippen LogP contribution in [0.5, 0.6) is 0 Å². The standard InChI is InChI=1S/C21H29N5/c1-15-7-4-5-9-18(15)19-11-20(26-21(24-19)16(2)12-23-26)22-13-17-8-6-10-25(3)14-17/h4-5,7,9,11-12,17,19,22,24H,6,8,10,13-14H2,1-3H3. The van der Waals surface area contributed by atoms with Crippen LogP contribution in [-0.2, 0) is 0 Å². The Morgan fingerprint density at radius 1 is 1.23 bits per heavy atom. The Kier molecular flexibility index (Phi) is 4.72. The number of piperidine rings is 1. The van der Waals surface area contributed by atoms with E-state index >= 15 is 0 Å². The smallest absolute Gasteiger partial charge is 0.135 e. The normalized spacial score (nSPS) is 23.1. The van der Waals surface area contributed by atoms with Gasteiger partial charge in [-0.1, -0.05) is 24.3 Å². The van der Waals surface area contributed by atoms with Crippen LogP contribution in [0.2, 0.25) is 0 Å². The van der Waals surface area contributed by atoms with E-state index in [-0.39, 0.29) is 6.04 Å². The molecule has 1 fully saturated rings. The lowest BCUT2D eigenvalue weighted by atomic mass is 9.98. The van der Waals surface area contributed by atoms with Gasteiger partial charge in [-0.3, -0.25) is 0 Å².